The number of Topliss-reactive ketones (excluding diaryl/α,β-unsaturated/α-hetero) is 1. The van der Waals surface area contributed by atoms with Crippen molar-refractivity contribution in [3.8, 4) is 0 Å². The van der Waals surface area contributed by atoms with E-state index in [0.717, 1.165) is 6.54 Å². The smallest absolute Gasteiger partial charge is 0.164 e. The molecular weight excluding hydrogens is 164 g/mol. The van der Waals surface area contributed by atoms with Gasteiger partial charge in [-0.25, -0.2) is 0 Å². The molecule has 0 aromatic heterocycles. The van der Waals surface area contributed by atoms with Crippen LogP contribution < -0.4 is 5.32 Å². The highest BCUT2D eigenvalue weighted by Gasteiger charge is 2.31. The molecule has 1 N–H and O–H groups in total. The van der Waals surface area contributed by atoms with E-state index in [9.17, 15) is 4.79 Å². The molecule has 1 rings (SSSR count). The van der Waals surface area contributed by atoms with Gasteiger partial charge in [0, 0.05) is 20.1 Å². The third-order valence-corrected chi connectivity index (χ3v) is 2.43. The van der Waals surface area contributed by atoms with Crippen LogP contribution in [-0.4, -0.2) is 41.9 Å². The summed E-state index contributed by atoms with van der Waals surface area (Å²) in [5.41, 5.74) is 0. The van der Waals surface area contributed by atoms with Crippen LogP contribution in [0.1, 0.15) is 29.1 Å². The summed E-state index contributed by atoms with van der Waals surface area (Å²) in [6.07, 6.45) is 0. The zero-order chi connectivity index (χ0) is 10.0. The molecule has 1 fully saturated rings. The average Bonchev–Trinajstić information content (AvgIpc) is 2.31. The van der Waals surface area contributed by atoms with Crippen molar-refractivity contribution in [1.29, 1.82) is 0 Å². The second-order valence-corrected chi connectivity index (χ2v) is 4.36. The van der Waals surface area contributed by atoms with Gasteiger partial charge in [0.2, 0.25) is 0 Å². The highest BCUT2D eigenvalue weighted by Crippen LogP contribution is 2.09. The predicted octanol–water partition coefficient (Wildman–Crippen LogP) is 0.892. The van der Waals surface area contributed by atoms with E-state index < -0.39 is 0 Å². The average molecular weight is 186 g/mol. The fraction of sp³-hybridized carbons (Fsp3) is 0.900. The van der Waals surface area contributed by atoms with E-state index >= 15 is 0 Å². The molecule has 0 aromatic rings. The van der Waals surface area contributed by atoms with Crippen LogP contribution in [0.25, 0.3) is 0 Å². The first kappa shape index (κ1) is 10.7. The van der Waals surface area contributed by atoms with Crippen molar-refractivity contribution >= 4 is 5.78 Å². The lowest BCUT2D eigenvalue weighted by Gasteiger charge is -2.20. The Morgan fingerprint density at radius 3 is 2.46 bits per heavy atom. The third kappa shape index (κ3) is 2.78. The molecule has 3 nitrogen and oxygen atoms in total. The van der Waals surface area contributed by atoms with Crippen LogP contribution in [0.4, 0.5) is 0 Å². The summed E-state index contributed by atoms with van der Waals surface area (Å²) in [7, 11) is 0. The van der Waals surface area contributed by atoms with Crippen molar-refractivity contribution in [3.05, 3.63) is 0 Å². The zero-order valence-electron chi connectivity index (χ0n) is 9.00. The Morgan fingerprint density at radius 2 is 2.08 bits per heavy atom. The molecule has 13 heavy (non-hydrogen) atoms. The molecule has 78 valence electrons. The Bertz CT molecular complexity index is 195. The first-order valence-electron chi connectivity index (χ1n) is 5.03. The molecule has 0 aromatic carbocycles. The molecule has 0 radical (unpaired) electrons. The molecular formula is C10H22N2O. The Balaban J connectivity index is 0.00000169. The van der Waals surface area contributed by atoms with Crippen molar-refractivity contribution in [2.24, 2.45) is 0 Å². The Morgan fingerprint density at radius 1 is 1.46 bits per heavy atom. The maximum atomic E-state index is 11.5. The summed E-state index contributed by atoms with van der Waals surface area (Å²) >= 11 is 0. The molecule has 1 atom stereocenters. The number of carbonyl (C=O) groups is 1. The second kappa shape index (κ2) is 4.20. The van der Waals surface area contributed by atoms with Gasteiger partial charge in [-0.15, -0.1) is 0 Å². The lowest BCUT2D eigenvalue weighted by Crippen LogP contribution is -2.41. The fourth-order valence-electron chi connectivity index (χ4n) is 1.65. The minimum atomic E-state index is 0. The fourth-order valence-corrected chi connectivity index (χ4v) is 1.65. The van der Waals surface area contributed by atoms with Crippen molar-refractivity contribution in [3.63, 3.8) is 0 Å². The molecule has 1 heterocycles. The summed E-state index contributed by atoms with van der Waals surface area (Å²) in [6, 6.07) is 0.923. The number of carbonyl (C=O) groups excluding carboxylic acids is 1. The van der Waals surface area contributed by atoms with Gasteiger partial charge in [-0.05, 0) is 13.8 Å². The Labute approximate surface area is 82.0 Å². The normalized spacial score (nSPS) is 25.1. The lowest BCUT2D eigenvalue weighted by molar-refractivity contribution is -0.118. The number of hydrogen-bond donors (Lipinski definition) is 1. The Hall–Kier alpha value is -0.410. The maximum absolute atomic E-state index is 11.5. The maximum Gasteiger partial charge on any atom is 0.164 e. The number of nitrogens with zero attached hydrogens (tertiary/aromatic N) is 1. The van der Waals surface area contributed by atoms with Gasteiger partial charge in [0.05, 0.1) is 12.6 Å². The summed E-state index contributed by atoms with van der Waals surface area (Å²) in [5, 5.41) is 3.29. The van der Waals surface area contributed by atoms with Crippen LogP contribution in [-0.2, 0) is 4.79 Å². The SMILES string of the molecule is CC(C)NC1CN(C(C)C)CC1=O.[HH]. The van der Waals surface area contributed by atoms with Gasteiger partial charge in [-0.2, -0.15) is 0 Å². The number of hydrogen-bond acceptors (Lipinski definition) is 3. The molecule has 0 saturated carbocycles. The third-order valence-electron chi connectivity index (χ3n) is 2.43. The summed E-state index contributed by atoms with van der Waals surface area (Å²) in [5.74, 6) is 0.336. The molecule has 0 amide bonds. The van der Waals surface area contributed by atoms with E-state index in [1.807, 2.05) is 0 Å². The van der Waals surface area contributed by atoms with E-state index in [0.29, 0.717) is 24.4 Å². The molecule has 1 saturated heterocycles. The van der Waals surface area contributed by atoms with Crippen LogP contribution in [0.15, 0.2) is 0 Å². The molecule has 1 aliphatic rings. The summed E-state index contributed by atoms with van der Waals surface area (Å²) < 4.78 is 0. The van der Waals surface area contributed by atoms with Crippen LogP contribution in [0.2, 0.25) is 0 Å². The molecule has 3 heteroatoms. The second-order valence-electron chi connectivity index (χ2n) is 4.36. The largest absolute Gasteiger partial charge is 0.304 e. The van der Waals surface area contributed by atoms with E-state index in [1.165, 1.54) is 0 Å². The van der Waals surface area contributed by atoms with E-state index in [1.54, 1.807) is 0 Å². The van der Waals surface area contributed by atoms with Crippen LogP contribution >= 0.6 is 0 Å². The zero-order valence-corrected chi connectivity index (χ0v) is 9.00. The highest BCUT2D eigenvalue weighted by atomic mass is 16.1. The van der Waals surface area contributed by atoms with Gasteiger partial charge in [0.15, 0.2) is 5.78 Å². The van der Waals surface area contributed by atoms with E-state index in [2.05, 4.69) is 37.9 Å². The van der Waals surface area contributed by atoms with Gasteiger partial charge < -0.3 is 5.32 Å². The topological polar surface area (TPSA) is 32.3 Å². The number of rotatable bonds is 3. The van der Waals surface area contributed by atoms with Crippen LogP contribution in [0, 0.1) is 0 Å². The van der Waals surface area contributed by atoms with Gasteiger partial charge in [0.25, 0.3) is 0 Å². The lowest BCUT2D eigenvalue weighted by atomic mass is 10.2. The van der Waals surface area contributed by atoms with Gasteiger partial charge in [-0.1, -0.05) is 13.8 Å². The summed E-state index contributed by atoms with van der Waals surface area (Å²) in [6.45, 7) is 9.89. The predicted molar refractivity (Wildman–Crippen MR) is 55.9 cm³/mol. The van der Waals surface area contributed by atoms with Gasteiger partial charge >= 0.3 is 0 Å². The molecule has 0 bridgehead atoms. The van der Waals surface area contributed by atoms with Crippen molar-refractivity contribution in [2.75, 3.05) is 13.1 Å². The molecule has 0 spiro atoms. The number of ketones is 1. The van der Waals surface area contributed by atoms with Crippen molar-refractivity contribution in [1.82, 2.24) is 10.2 Å². The molecule has 1 unspecified atom stereocenters. The summed E-state index contributed by atoms with van der Waals surface area (Å²) in [4.78, 5) is 13.7. The number of likely N-dealkylation sites (tertiary alicyclic amines) is 1. The van der Waals surface area contributed by atoms with Crippen LogP contribution in [0.5, 0.6) is 0 Å². The monoisotopic (exact) mass is 186 g/mol. The van der Waals surface area contributed by atoms with Crippen molar-refractivity contribution < 1.29 is 6.22 Å². The van der Waals surface area contributed by atoms with E-state index in [4.69, 9.17) is 0 Å². The van der Waals surface area contributed by atoms with Gasteiger partial charge in [-0.3, -0.25) is 9.69 Å². The molecule has 1 aliphatic heterocycles. The molecule has 0 aliphatic carbocycles. The quantitative estimate of drug-likeness (QED) is 0.710. The van der Waals surface area contributed by atoms with E-state index in [-0.39, 0.29) is 7.47 Å². The first-order valence-corrected chi connectivity index (χ1v) is 5.03. The van der Waals surface area contributed by atoms with Gasteiger partial charge in [0.1, 0.15) is 0 Å². The van der Waals surface area contributed by atoms with Crippen molar-refractivity contribution in [2.45, 2.75) is 45.8 Å². The highest BCUT2D eigenvalue weighted by molar-refractivity contribution is 5.88. The minimum Gasteiger partial charge on any atom is -0.304 e. The minimum absolute atomic E-state index is 0. The first-order chi connectivity index (χ1) is 6.00. The Kier molecular flexibility index (Phi) is 3.45. The van der Waals surface area contributed by atoms with Crippen LogP contribution in [0.3, 0.4) is 0 Å². The number of nitrogens with one attached hydrogen (secondary N) is 1. The standard InChI is InChI=1S/C10H20N2O.H2/c1-7(2)11-9-5-12(8(3)4)6-10(9)13;/h7-9,11H,5-6H2,1-4H3;1H.